The third-order valence-electron chi connectivity index (χ3n) is 4.56. The fourth-order valence-corrected chi connectivity index (χ4v) is 3.72. The van der Waals surface area contributed by atoms with Crippen molar-refractivity contribution in [2.45, 2.75) is 38.1 Å². The Balaban J connectivity index is 0.00000243. The summed E-state index contributed by atoms with van der Waals surface area (Å²) in [6.45, 7) is 1.88. The van der Waals surface area contributed by atoms with Gasteiger partial charge in [0.15, 0.2) is 0 Å². The quantitative estimate of drug-likeness (QED) is 0.664. The minimum Gasteiger partial charge on any atom is -0.303 e. The molecule has 2 heterocycles. The Bertz CT molecular complexity index is 813. The summed E-state index contributed by atoms with van der Waals surface area (Å²) in [5, 5.41) is 0.961. The predicted molar refractivity (Wildman–Crippen MR) is 107 cm³/mol. The number of hydrogen-bond donors (Lipinski definition) is 0. The summed E-state index contributed by atoms with van der Waals surface area (Å²) in [7, 11) is 0. The number of amides is 1. The maximum Gasteiger partial charge on any atom is 0.228 e. The van der Waals surface area contributed by atoms with Gasteiger partial charge in [-0.2, -0.15) is 0 Å². The van der Waals surface area contributed by atoms with Crippen LogP contribution >= 0.6 is 35.6 Å². The first-order valence-corrected chi connectivity index (χ1v) is 8.91. The molecule has 1 unspecified atom stereocenters. The lowest BCUT2D eigenvalue weighted by Crippen LogP contribution is -2.48. The number of carbonyl (C=O) groups excluding carboxylic acids is 2. The van der Waals surface area contributed by atoms with Crippen LogP contribution in [0.2, 0.25) is 10.0 Å². The maximum atomic E-state index is 12.6. The predicted octanol–water partition coefficient (Wildman–Crippen LogP) is 4.99. The van der Waals surface area contributed by atoms with E-state index in [2.05, 4.69) is 4.98 Å². The smallest absolute Gasteiger partial charge is 0.228 e. The van der Waals surface area contributed by atoms with Crippen molar-refractivity contribution >= 4 is 53.6 Å². The van der Waals surface area contributed by atoms with E-state index >= 15 is 0 Å². The summed E-state index contributed by atoms with van der Waals surface area (Å²) in [4.78, 5) is 30.1. The van der Waals surface area contributed by atoms with Gasteiger partial charge in [0.25, 0.3) is 0 Å². The number of aldehydes is 1. The molecule has 1 aliphatic heterocycles. The number of rotatable bonds is 4. The SMILES string of the molecule is Cc1cccc(N2C(=O)CC[C@@H](c3ccc(Cl)c(Cl)c3)C2CC=O)n1.Cl. The van der Waals surface area contributed by atoms with Gasteiger partial charge in [0.2, 0.25) is 5.91 Å². The highest BCUT2D eigenvalue weighted by atomic mass is 35.5. The van der Waals surface area contributed by atoms with Crippen molar-refractivity contribution in [3.05, 3.63) is 57.7 Å². The number of pyridine rings is 1. The molecular formula is C19H19Cl3N2O2. The second-order valence-corrected chi connectivity index (χ2v) is 7.00. The van der Waals surface area contributed by atoms with Gasteiger partial charge in [-0.3, -0.25) is 9.69 Å². The van der Waals surface area contributed by atoms with Gasteiger partial charge in [0, 0.05) is 24.5 Å². The van der Waals surface area contributed by atoms with Crippen LogP contribution in [-0.4, -0.2) is 23.2 Å². The molecule has 2 atom stereocenters. The number of halogens is 3. The first-order chi connectivity index (χ1) is 12.0. The molecule has 26 heavy (non-hydrogen) atoms. The van der Waals surface area contributed by atoms with Crippen molar-refractivity contribution in [1.82, 2.24) is 4.98 Å². The number of benzene rings is 1. The summed E-state index contributed by atoms with van der Waals surface area (Å²) in [5.41, 5.74) is 1.80. The molecular weight excluding hydrogens is 395 g/mol. The van der Waals surface area contributed by atoms with Gasteiger partial charge in [0.05, 0.1) is 16.1 Å². The molecule has 2 aromatic rings. The first-order valence-electron chi connectivity index (χ1n) is 8.15. The average molecular weight is 414 g/mol. The molecule has 0 saturated carbocycles. The van der Waals surface area contributed by atoms with Crippen LogP contribution in [0.25, 0.3) is 0 Å². The van der Waals surface area contributed by atoms with E-state index in [9.17, 15) is 9.59 Å². The molecule has 0 spiro atoms. The van der Waals surface area contributed by atoms with Crippen LogP contribution in [-0.2, 0) is 9.59 Å². The number of hydrogen-bond acceptors (Lipinski definition) is 3. The van der Waals surface area contributed by atoms with E-state index in [1.165, 1.54) is 0 Å². The highest BCUT2D eigenvalue weighted by Crippen LogP contribution is 2.38. The second kappa shape index (κ2) is 8.85. The Kier molecular flexibility index (Phi) is 7.04. The monoisotopic (exact) mass is 412 g/mol. The molecule has 1 aliphatic rings. The van der Waals surface area contributed by atoms with E-state index < -0.39 is 0 Å². The third kappa shape index (κ3) is 4.20. The molecule has 1 aromatic carbocycles. The van der Waals surface area contributed by atoms with Crippen LogP contribution in [0, 0.1) is 6.92 Å². The van der Waals surface area contributed by atoms with Crippen molar-refractivity contribution < 1.29 is 9.59 Å². The van der Waals surface area contributed by atoms with Crippen molar-refractivity contribution in [2.24, 2.45) is 0 Å². The van der Waals surface area contributed by atoms with Gasteiger partial charge in [-0.15, -0.1) is 12.4 Å². The highest BCUT2D eigenvalue weighted by molar-refractivity contribution is 6.42. The van der Waals surface area contributed by atoms with Crippen molar-refractivity contribution in [1.29, 1.82) is 0 Å². The lowest BCUT2D eigenvalue weighted by Gasteiger charge is -2.40. The van der Waals surface area contributed by atoms with Gasteiger partial charge >= 0.3 is 0 Å². The van der Waals surface area contributed by atoms with Crippen LogP contribution in [0.1, 0.15) is 36.4 Å². The summed E-state index contributed by atoms with van der Waals surface area (Å²) < 4.78 is 0. The first kappa shape index (κ1) is 20.7. The van der Waals surface area contributed by atoms with Crippen molar-refractivity contribution in [3.63, 3.8) is 0 Å². The number of anilines is 1. The van der Waals surface area contributed by atoms with E-state index in [1.807, 2.05) is 31.2 Å². The molecule has 3 rings (SSSR count). The number of nitrogens with zero attached hydrogens (tertiary/aromatic N) is 2. The Morgan fingerprint density at radius 1 is 1.23 bits per heavy atom. The molecule has 1 amide bonds. The van der Waals surface area contributed by atoms with Crippen molar-refractivity contribution in [2.75, 3.05) is 4.90 Å². The molecule has 0 aliphatic carbocycles. The van der Waals surface area contributed by atoms with E-state index in [1.54, 1.807) is 17.0 Å². The molecule has 1 fully saturated rings. The van der Waals surface area contributed by atoms with E-state index in [0.717, 1.165) is 17.5 Å². The van der Waals surface area contributed by atoms with E-state index in [-0.39, 0.29) is 36.7 Å². The third-order valence-corrected chi connectivity index (χ3v) is 5.30. The number of aryl methyl sites for hydroxylation is 1. The molecule has 4 nitrogen and oxygen atoms in total. The fraction of sp³-hybridized carbons (Fsp3) is 0.316. The second-order valence-electron chi connectivity index (χ2n) is 6.19. The summed E-state index contributed by atoms with van der Waals surface area (Å²) in [6, 6.07) is 10.8. The van der Waals surface area contributed by atoms with Crippen molar-refractivity contribution in [3.8, 4) is 0 Å². The van der Waals surface area contributed by atoms with Gasteiger partial charge in [-0.1, -0.05) is 35.3 Å². The molecule has 0 radical (unpaired) electrons. The summed E-state index contributed by atoms with van der Waals surface area (Å²) in [5.74, 6) is 0.572. The molecule has 0 N–H and O–H groups in total. The van der Waals surface area contributed by atoms with Gasteiger partial charge in [-0.25, -0.2) is 4.98 Å². The molecule has 138 valence electrons. The lowest BCUT2D eigenvalue weighted by molar-refractivity contribution is -0.120. The summed E-state index contributed by atoms with van der Waals surface area (Å²) in [6.07, 6.45) is 2.16. The standard InChI is InChI=1S/C19H18Cl2N2O2.ClH/c1-12-3-2-4-18(22-12)23-17(9-10-24)14(6-8-19(23)25)13-5-7-15(20)16(21)11-13;/h2-5,7,10-11,14,17H,6,8-9H2,1H3;1H/t14-,17?;/m0./s1. The summed E-state index contributed by atoms with van der Waals surface area (Å²) >= 11 is 12.2. The minimum atomic E-state index is -0.287. The van der Waals surface area contributed by atoms with Gasteiger partial charge in [-0.05, 0) is 43.2 Å². The molecule has 1 saturated heterocycles. The Labute approximate surface area is 168 Å². The van der Waals surface area contributed by atoms with Crippen LogP contribution in [0.3, 0.4) is 0 Å². The van der Waals surface area contributed by atoms with E-state index in [0.29, 0.717) is 28.7 Å². The number of aromatic nitrogens is 1. The Hall–Kier alpha value is -1.62. The van der Waals surface area contributed by atoms with Gasteiger partial charge in [0.1, 0.15) is 12.1 Å². The topological polar surface area (TPSA) is 50.3 Å². The molecule has 0 bridgehead atoms. The Morgan fingerprint density at radius 2 is 2.00 bits per heavy atom. The molecule has 7 heteroatoms. The lowest BCUT2D eigenvalue weighted by atomic mass is 9.82. The normalized spacial score (nSPS) is 19.8. The average Bonchev–Trinajstić information content (AvgIpc) is 2.58. The Morgan fingerprint density at radius 3 is 2.65 bits per heavy atom. The highest BCUT2D eigenvalue weighted by Gasteiger charge is 2.38. The minimum absolute atomic E-state index is 0. The zero-order valence-electron chi connectivity index (χ0n) is 14.2. The van der Waals surface area contributed by atoms with E-state index in [4.69, 9.17) is 23.2 Å². The number of carbonyl (C=O) groups is 2. The fourth-order valence-electron chi connectivity index (χ4n) is 3.42. The van der Waals surface area contributed by atoms with Crippen LogP contribution in [0.5, 0.6) is 0 Å². The van der Waals surface area contributed by atoms with Crippen LogP contribution in [0.4, 0.5) is 5.82 Å². The van der Waals surface area contributed by atoms with Gasteiger partial charge < -0.3 is 4.79 Å². The number of piperidine rings is 1. The van der Waals surface area contributed by atoms with Crippen LogP contribution < -0.4 is 4.90 Å². The zero-order chi connectivity index (χ0) is 18.0. The van der Waals surface area contributed by atoms with Crippen LogP contribution in [0.15, 0.2) is 36.4 Å². The maximum absolute atomic E-state index is 12.6. The zero-order valence-corrected chi connectivity index (χ0v) is 16.5. The molecule has 1 aromatic heterocycles. The largest absolute Gasteiger partial charge is 0.303 e.